The van der Waals surface area contributed by atoms with Crippen molar-refractivity contribution in [3.05, 3.63) is 101 Å². The second-order valence-electron chi connectivity index (χ2n) is 12.4. The molecule has 1 N–H and O–H groups in total. The van der Waals surface area contributed by atoms with Gasteiger partial charge < -0.3 is 14.5 Å². The molecule has 1 aromatic heterocycles. The molecular formula is C37H38N4O3S2. The van der Waals surface area contributed by atoms with E-state index in [0.29, 0.717) is 30.4 Å². The Balaban J connectivity index is 1.07. The van der Waals surface area contributed by atoms with E-state index in [2.05, 4.69) is 62.4 Å². The van der Waals surface area contributed by atoms with Crippen molar-refractivity contribution in [2.75, 3.05) is 18.0 Å². The van der Waals surface area contributed by atoms with E-state index in [0.717, 1.165) is 54.8 Å². The number of ether oxygens (including phenoxy) is 1. The first-order valence-corrected chi connectivity index (χ1v) is 17.4. The summed E-state index contributed by atoms with van der Waals surface area (Å²) < 4.78 is 9.05. The molecule has 236 valence electrons. The smallest absolute Gasteiger partial charge is 0.273 e. The molecule has 2 fully saturated rings. The van der Waals surface area contributed by atoms with Gasteiger partial charge in [-0.15, -0.1) is 11.3 Å². The molecule has 1 unspecified atom stereocenters. The second-order valence-corrected chi connectivity index (χ2v) is 14.3. The van der Waals surface area contributed by atoms with E-state index >= 15 is 0 Å². The maximum atomic E-state index is 14.0. The molecule has 1 saturated heterocycles. The molecule has 2 amide bonds. The zero-order valence-electron chi connectivity index (χ0n) is 26.1. The molecule has 0 bridgehead atoms. The van der Waals surface area contributed by atoms with Crippen molar-refractivity contribution in [2.45, 2.75) is 62.6 Å². The standard InChI is InChI=1S/C37H38N4O3S2/c1-37(2,36(43)39-46-33-11-3-7-27(21-33)23-38)44-32-10-4-9-31(22-32)40-19-5-8-29(25-40)35(42)41(30-17-18-30)24-26-13-15-28(16-14-26)34-12-6-20-45-34/h3-4,6-7,9-16,20-22,29-30H,5,8,17-19,24-25H2,1-2H3,(H,39,43). The number of anilines is 1. The lowest BCUT2D eigenvalue weighted by Gasteiger charge is -2.36. The summed E-state index contributed by atoms with van der Waals surface area (Å²) in [6, 6.07) is 30.1. The van der Waals surface area contributed by atoms with Crippen molar-refractivity contribution in [1.82, 2.24) is 9.62 Å². The Labute approximate surface area is 279 Å². The highest BCUT2D eigenvalue weighted by atomic mass is 32.2. The highest BCUT2D eigenvalue weighted by molar-refractivity contribution is 7.98. The zero-order chi connectivity index (χ0) is 32.1. The molecule has 2 heterocycles. The topological polar surface area (TPSA) is 85.7 Å². The van der Waals surface area contributed by atoms with Crippen LogP contribution in [0, 0.1) is 17.2 Å². The fraction of sp³-hybridized carbons (Fsp3) is 0.324. The molecule has 1 aliphatic heterocycles. The van der Waals surface area contributed by atoms with E-state index in [1.807, 2.05) is 30.3 Å². The van der Waals surface area contributed by atoms with Gasteiger partial charge in [-0.3, -0.25) is 14.3 Å². The highest BCUT2D eigenvalue weighted by Gasteiger charge is 2.37. The zero-order valence-corrected chi connectivity index (χ0v) is 27.8. The van der Waals surface area contributed by atoms with Crippen molar-refractivity contribution in [3.8, 4) is 22.3 Å². The highest BCUT2D eigenvalue weighted by Crippen LogP contribution is 2.34. The molecule has 9 heteroatoms. The molecule has 6 rings (SSSR count). The first-order chi connectivity index (χ1) is 22.3. The van der Waals surface area contributed by atoms with Crippen molar-refractivity contribution in [1.29, 1.82) is 5.26 Å². The maximum Gasteiger partial charge on any atom is 0.273 e. The summed E-state index contributed by atoms with van der Waals surface area (Å²) in [5, 5.41) is 11.2. The van der Waals surface area contributed by atoms with Gasteiger partial charge in [0.15, 0.2) is 5.60 Å². The van der Waals surface area contributed by atoms with E-state index in [-0.39, 0.29) is 17.7 Å². The van der Waals surface area contributed by atoms with Crippen LogP contribution in [-0.4, -0.2) is 41.4 Å². The lowest BCUT2D eigenvalue weighted by Crippen LogP contribution is -2.45. The molecule has 3 aromatic carbocycles. The van der Waals surface area contributed by atoms with Gasteiger partial charge in [0.05, 0.1) is 17.6 Å². The Morgan fingerprint density at radius 2 is 1.85 bits per heavy atom. The predicted octanol–water partition coefficient (Wildman–Crippen LogP) is 7.68. The Kier molecular flexibility index (Phi) is 9.67. The molecule has 0 radical (unpaired) electrons. The summed E-state index contributed by atoms with van der Waals surface area (Å²) in [6.07, 6.45) is 3.97. The fourth-order valence-corrected chi connectivity index (χ4v) is 7.30. The number of piperidine rings is 1. The SMILES string of the molecule is CC(C)(Oc1cccc(N2CCCC(C(=O)N(Cc3ccc(-c4cccs4)cc3)C3CC3)C2)c1)C(=O)NSc1cccc(C#N)c1. The van der Waals surface area contributed by atoms with E-state index < -0.39 is 5.60 Å². The number of thiophene rings is 1. The van der Waals surface area contributed by atoms with Gasteiger partial charge in [0.1, 0.15) is 5.75 Å². The van der Waals surface area contributed by atoms with Crippen molar-refractivity contribution < 1.29 is 14.3 Å². The van der Waals surface area contributed by atoms with E-state index in [1.165, 1.54) is 16.0 Å². The molecule has 2 aliphatic rings. The third-order valence-corrected chi connectivity index (χ3v) is 10.2. The third kappa shape index (κ3) is 7.75. The van der Waals surface area contributed by atoms with Crippen LogP contribution in [0.2, 0.25) is 0 Å². The Morgan fingerprint density at radius 3 is 2.59 bits per heavy atom. The Morgan fingerprint density at radius 1 is 1.04 bits per heavy atom. The van der Waals surface area contributed by atoms with E-state index in [1.54, 1.807) is 43.4 Å². The van der Waals surface area contributed by atoms with Crippen LogP contribution >= 0.6 is 23.3 Å². The molecule has 4 aromatic rings. The van der Waals surface area contributed by atoms with Gasteiger partial charge in [-0.2, -0.15) is 5.26 Å². The van der Waals surface area contributed by atoms with Crippen LogP contribution in [0.1, 0.15) is 50.7 Å². The van der Waals surface area contributed by atoms with Crippen LogP contribution in [0.4, 0.5) is 5.69 Å². The molecular weight excluding hydrogens is 613 g/mol. The quantitative estimate of drug-likeness (QED) is 0.168. The summed E-state index contributed by atoms with van der Waals surface area (Å²) >= 11 is 2.89. The Hall–Kier alpha value is -4.26. The number of nitrogens with zero attached hydrogens (tertiary/aromatic N) is 3. The van der Waals surface area contributed by atoms with Crippen LogP contribution in [0.3, 0.4) is 0 Å². The Bertz CT molecular complexity index is 1710. The molecule has 0 spiro atoms. The first kappa shape index (κ1) is 31.7. The summed E-state index contributed by atoms with van der Waals surface area (Å²) in [4.78, 5) is 33.4. The number of amides is 2. The maximum absolute atomic E-state index is 14.0. The number of nitrogens with one attached hydrogen (secondary N) is 1. The first-order valence-electron chi connectivity index (χ1n) is 15.7. The number of benzene rings is 3. The number of hydrogen-bond donors (Lipinski definition) is 1. The van der Waals surface area contributed by atoms with Gasteiger partial charge in [0.25, 0.3) is 5.91 Å². The van der Waals surface area contributed by atoms with Gasteiger partial charge in [0, 0.05) is 47.2 Å². The average Bonchev–Trinajstić information content (AvgIpc) is 3.78. The number of carbonyl (C=O) groups is 2. The van der Waals surface area contributed by atoms with Gasteiger partial charge in [-0.05, 0) is 104 Å². The number of carbonyl (C=O) groups excluding carboxylic acids is 2. The van der Waals surface area contributed by atoms with Gasteiger partial charge >= 0.3 is 0 Å². The predicted molar refractivity (Wildman–Crippen MR) is 185 cm³/mol. The minimum atomic E-state index is -1.13. The number of hydrogen-bond acceptors (Lipinski definition) is 7. The number of nitriles is 1. The molecule has 1 atom stereocenters. The van der Waals surface area contributed by atoms with Crippen molar-refractivity contribution in [2.24, 2.45) is 5.92 Å². The van der Waals surface area contributed by atoms with E-state index in [4.69, 9.17) is 10.00 Å². The summed E-state index contributed by atoms with van der Waals surface area (Å²) in [5.74, 6) is 0.490. The van der Waals surface area contributed by atoms with E-state index in [9.17, 15) is 9.59 Å². The normalized spacial score (nSPS) is 16.4. The van der Waals surface area contributed by atoms with Gasteiger partial charge in [-0.25, -0.2) is 0 Å². The lowest BCUT2D eigenvalue weighted by atomic mass is 9.95. The van der Waals surface area contributed by atoms with Crippen LogP contribution in [-0.2, 0) is 16.1 Å². The molecule has 1 aliphatic carbocycles. The molecule has 46 heavy (non-hydrogen) atoms. The van der Waals surface area contributed by atoms with Crippen LogP contribution < -0.4 is 14.4 Å². The third-order valence-electron chi connectivity index (χ3n) is 8.48. The van der Waals surface area contributed by atoms with Crippen molar-refractivity contribution >= 4 is 40.8 Å². The lowest BCUT2D eigenvalue weighted by molar-refractivity contribution is -0.137. The molecule has 7 nitrogen and oxygen atoms in total. The van der Waals surface area contributed by atoms with Crippen LogP contribution in [0.25, 0.3) is 10.4 Å². The largest absolute Gasteiger partial charge is 0.478 e. The van der Waals surface area contributed by atoms with Crippen LogP contribution in [0.15, 0.2) is 95.2 Å². The molecule has 1 saturated carbocycles. The monoisotopic (exact) mass is 650 g/mol. The van der Waals surface area contributed by atoms with Gasteiger partial charge in [0.2, 0.25) is 5.91 Å². The number of rotatable bonds is 11. The second kappa shape index (κ2) is 14.0. The average molecular weight is 651 g/mol. The summed E-state index contributed by atoms with van der Waals surface area (Å²) in [5.41, 5.74) is 2.76. The minimum absolute atomic E-state index is 0.0666. The summed E-state index contributed by atoms with van der Waals surface area (Å²) in [6.45, 7) is 5.64. The van der Waals surface area contributed by atoms with Gasteiger partial charge in [-0.1, -0.05) is 42.5 Å². The fourth-order valence-electron chi connectivity index (χ4n) is 5.78. The summed E-state index contributed by atoms with van der Waals surface area (Å²) in [7, 11) is 0. The van der Waals surface area contributed by atoms with Crippen molar-refractivity contribution in [3.63, 3.8) is 0 Å². The van der Waals surface area contributed by atoms with Crippen LogP contribution in [0.5, 0.6) is 5.75 Å². The minimum Gasteiger partial charge on any atom is -0.478 e.